The highest BCUT2D eigenvalue weighted by molar-refractivity contribution is 5.83. The summed E-state index contributed by atoms with van der Waals surface area (Å²) in [6.45, 7) is 16.5. The van der Waals surface area contributed by atoms with E-state index in [0.717, 1.165) is 51.4 Å². The first-order valence-corrected chi connectivity index (χ1v) is 14.2. The third kappa shape index (κ3) is 3.13. The maximum absolute atomic E-state index is 13.3. The van der Waals surface area contributed by atoms with E-state index in [1.54, 1.807) is 0 Å². The molecule has 9 atom stereocenters. The highest BCUT2D eigenvalue weighted by Gasteiger charge is 2.69. The van der Waals surface area contributed by atoms with Crippen molar-refractivity contribution in [2.45, 2.75) is 118 Å². The second-order valence-corrected chi connectivity index (χ2v) is 15.4. The van der Waals surface area contributed by atoms with Gasteiger partial charge in [-0.3, -0.25) is 10.2 Å². The lowest BCUT2D eigenvalue weighted by Crippen LogP contribution is -2.67. The standard InChI is InChI=1S/C30H50N2O3/c1-25(2)12-14-30(24(35)32-31)15-13-28(6)18(19(30)16-25)8-9-22-27(5)17-20(33)23(34)26(3,4)21(27)10-11-29(22,28)7/h8,19-23,33-34H,9-17,31H2,1-7H3,(H,32,35)/t19-,20-,21+,22+,23-,27-,28+,29+,30-/m0/s1. The van der Waals surface area contributed by atoms with Crippen LogP contribution < -0.4 is 11.3 Å². The maximum atomic E-state index is 13.3. The molecule has 0 bridgehead atoms. The molecule has 0 unspecified atom stereocenters. The quantitative estimate of drug-likeness (QED) is 0.179. The van der Waals surface area contributed by atoms with E-state index in [0.29, 0.717) is 18.3 Å². The van der Waals surface area contributed by atoms with Crippen molar-refractivity contribution in [3.8, 4) is 0 Å². The largest absolute Gasteiger partial charge is 0.390 e. The Bertz CT molecular complexity index is 942. The van der Waals surface area contributed by atoms with E-state index in [9.17, 15) is 15.0 Å². The van der Waals surface area contributed by atoms with Crippen molar-refractivity contribution in [3.63, 3.8) is 0 Å². The van der Waals surface area contributed by atoms with Crippen LogP contribution in [0.15, 0.2) is 11.6 Å². The van der Waals surface area contributed by atoms with Crippen molar-refractivity contribution in [1.82, 2.24) is 5.43 Å². The van der Waals surface area contributed by atoms with Gasteiger partial charge < -0.3 is 10.2 Å². The predicted octanol–water partition coefficient (Wildman–Crippen LogP) is 5.11. The van der Waals surface area contributed by atoms with Crippen LogP contribution in [0.2, 0.25) is 0 Å². The van der Waals surface area contributed by atoms with Crippen LogP contribution in [-0.4, -0.2) is 28.3 Å². The Morgan fingerprint density at radius 3 is 2.26 bits per heavy atom. The molecule has 0 aromatic heterocycles. The molecule has 5 aliphatic carbocycles. The number of hydrazine groups is 1. The second kappa shape index (κ2) is 7.57. The lowest BCUT2D eigenvalue weighted by Gasteiger charge is -2.71. The zero-order chi connectivity index (χ0) is 25.8. The van der Waals surface area contributed by atoms with Crippen LogP contribution in [0.4, 0.5) is 0 Å². The fraction of sp³-hybridized carbons (Fsp3) is 0.900. The van der Waals surface area contributed by atoms with Gasteiger partial charge in [-0.1, -0.05) is 60.1 Å². The molecule has 198 valence electrons. The average molecular weight is 487 g/mol. The number of hydrogen-bond acceptors (Lipinski definition) is 4. The SMILES string of the molecule is CC1(C)CC[C@]2(C(=O)NN)CC[C@]3(C)C(=CC[C@@H]4[C@@]5(C)C[C@H](O)[C@H](O)C(C)(C)[C@H]5CC[C@]43C)[C@@H]2C1. The summed E-state index contributed by atoms with van der Waals surface area (Å²) in [5.41, 5.74) is 3.75. The Kier molecular flexibility index (Phi) is 5.56. The highest BCUT2D eigenvalue weighted by Crippen LogP contribution is 2.75. The van der Waals surface area contributed by atoms with Gasteiger partial charge in [0, 0.05) is 0 Å². The molecule has 4 fully saturated rings. The first-order valence-electron chi connectivity index (χ1n) is 14.2. The number of carbonyl (C=O) groups is 1. The van der Waals surface area contributed by atoms with Gasteiger partial charge in [-0.2, -0.15) is 0 Å². The Hall–Kier alpha value is -0.910. The van der Waals surface area contributed by atoms with Gasteiger partial charge in [0.05, 0.1) is 17.6 Å². The summed E-state index contributed by atoms with van der Waals surface area (Å²) in [4.78, 5) is 13.3. The van der Waals surface area contributed by atoms with Crippen LogP contribution in [0.5, 0.6) is 0 Å². The van der Waals surface area contributed by atoms with E-state index in [1.165, 1.54) is 5.57 Å². The molecule has 5 nitrogen and oxygen atoms in total. The molecule has 0 aromatic carbocycles. The summed E-state index contributed by atoms with van der Waals surface area (Å²) >= 11 is 0. The molecular formula is C30H50N2O3. The van der Waals surface area contributed by atoms with Crippen LogP contribution in [0, 0.1) is 50.2 Å². The van der Waals surface area contributed by atoms with Crippen LogP contribution in [0.1, 0.15) is 106 Å². The molecule has 0 aliphatic heterocycles. The molecule has 4 saturated carbocycles. The zero-order valence-electron chi connectivity index (χ0n) is 23.2. The van der Waals surface area contributed by atoms with E-state index in [2.05, 4.69) is 60.0 Å². The number of carbonyl (C=O) groups excluding carboxylic acids is 1. The average Bonchev–Trinajstić information content (AvgIpc) is 2.77. The third-order valence-corrected chi connectivity index (χ3v) is 13.2. The van der Waals surface area contributed by atoms with Crippen molar-refractivity contribution in [3.05, 3.63) is 11.6 Å². The maximum Gasteiger partial charge on any atom is 0.240 e. The number of hydrogen-bond donors (Lipinski definition) is 4. The molecule has 5 N–H and O–H groups in total. The summed E-state index contributed by atoms with van der Waals surface area (Å²) in [7, 11) is 0. The van der Waals surface area contributed by atoms with E-state index in [4.69, 9.17) is 5.84 Å². The van der Waals surface area contributed by atoms with Crippen molar-refractivity contribution in [2.75, 3.05) is 0 Å². The van der Waals surface area contributed by atoms with Gasteiger partial charge >= 0.3 is 0 Å². The fourth-order valence-corrected chi connectivity index (χ4v) is 10.9. The topological polar surface area (TPSA) is 95.6 Å². The smallest absolute Gasteiger partial charge is 0.240 e. The van der Waals surface area contributed by atoms with E-state index in [-0.39, 0.29) is 44.3 Å². The number of rotatable bonds is 1. The summed E-state index contributed by atoms with van der Waals surface area (Å²) in [5, 5.41) is 21.9. The Labute approximate surface area is 212 Å². The summed E-state index contributed by atoms with van der Waals surface area (Å²) in [5.74, 6) is 6.91. The fourth-order valence-electron chi connectivity index (χ4n) is 10.9. The first-order chi connectivity index (χ1) is 16.1. The normalized spacial score (nSPS) is 52.2. The highest BCUT2D eigenvalue weighted by atomic mass is 16.3. The number of nitrogens with two attached hydrogens (primary N) is 1. The zero-order valence-corrected chi connectivity index (χ0v) is 23.2. The predicted molar refractivity (Wildman–Crippen MR) is 139 cm³/mol. The number of fused-ring (bicyclic) bond motifs is 7. The van der Waals surface area contributed by atoms with E-state index >= 15 is 0 Å². The van der Waals surface area contributed by atoms with Crippen LogP contribution >= 0.6 is 0 Å². The van der Waals surface area contributed by atoms with Crippen molar-refractivity contribution >= 4 is 5.91 Å². The number of aliphatic hydroxyl groups excluding tert-OH is 2. The Morgan fingerprint density at radius 1 is 0.943 bits per heavy atom. The lowest BCUT2D eigenvalue weighted by molar-refractivity contribution is -0.231. The van der Waals surface area contributed by atoms with Gasteiger partial charge in [0.25, 0.3) is 0 Å². The van der Waals surface area contributed by atoms with E-state index < -0.39 is 12.2 Å². The minimum atomic E-state index is -0.668. The lowest BCUT2D eigenvalue weighted by atomic mass is 9.33. The van der Waals surface area contributed by atoms with Gasteiger partial charge in [0.2, 0.25) is 5.91 Å². The van der Waals surface area contributed by atoms with Crippen LogP contribution in [-0.2, 0) is 4.79 Å². The molecule has 0 aromatic rings. The molecule has 0 heterocycles. The molecular weight excluding hydrogens is 436 g/mol. The van der Waals surface area contributed by atoms with Gasteiger partial charge in [-0.25, -0.2) is 5.84 Å². The number of aliphatic hydroxyl groups is 2. The minimum absolute atomic E-state index is 0.0187. The van der Waals surface area contributed by atoms with Gasteiger partial charge in [0.15, 0.2) is 0 Å². The van der Waals surface area contributed by atoms with Crippen molar-refractivity contribution < 1.29 is 15.0 Å². The van der Waals surface area contributed by atoms with Gasteiger partial charge in [0.1, 0.15) is 0 Å². The molecule has 5 heteroatoms. The monoisotopic (exact) mass is 486 g/mol. The molecule has 0 spiro atoms. The van der Waals surface area contributed by atoms with Gasteiger partial charge in [-0.05, 0) is 103 Å². The molecule has 5 aliphatic rings. The molecule has 35 heavy (non-hydrogen) atoms. The van der Waals surface area contributed by atoms with Crippen LogP contribution in [0.3, 0.4) is 0 Å². The number of amides is 1. The van der Waals surface area contributed by atoms with E-state index in [1.807, 2.05) is 0 Å². The second-order valence-electron chi connectivity index (χ2n) is 15.4. The molecule has 0 saturated heterocycles. The molecule has 1 amide bonds. The summed E-state index contributed by atoms with van der Waals surface area (Å²) < 4.78 is 0. The Morgan fingerprint density at radius 2 is 1.60 bits per heavy atom. The minimum Gasteiger partial charge on any atom is -0.390 e. The Balaban J connectivity index is 1.61. The van der Waals surface area contributed by atoms with Crippen LogP contribution in [0.25, 0.3) is 0 Å². The number of allylic oxidation sites excluding steroid dienone is 2. The number of nitrogens with one attached hydrogen (secondary N) is 1. The summed E-state index contributed by atoms with van der Waals surface area (Å²) in [6.07, 6.45) is 10.1. The van der Waals surface area contributed by atoms with Crippen molar-refractivity contribution in [1.29, 1.82) is 0 Å². The van der Waals surface area contributed by atoms with Gasteiger partial charge in [-0.15, -0.1) is 0 Å². The molecule has 0 radical (unpaired) electrons. The third-order valence-electron chi connectivity index (χ3n) is 13.2. The molecule has 5 rings (SSSR count). The van der Waals surface area contributed by atoms with Crippen molar-refractivity contribution in [2.24, 2.45) is 56.1 Å². The summed E-state index contributed by atoms with van der Waals surface area (Å²) in [6, 6.07) is 0. The first kappa shape index (κ1) is 25.7.